The minimum atomic E-state index is -0.693. The third-order valence-corrected chi connectivity index (χ3v) is 5.33. The summed E-state index contributed by atoms with van der Waals surface area (Å²) in [7, 11) is 0. The van der Waals surface area contributed by atoms with Crippen molar-refractivity contribution in [2.24, 2.45) is 0 Å². The molecule has 0 bridgehead atoms. The van der Waals surface area contributed by atoms with Crippen molar-refractivity contribution in [1.82, 2.24) is 10.2 Å². The maximum Gasteiger partial charge on any atom is 0.261 e. The first-order valence-electron chi connectivity index (χ1n) is 9.52. The van der Waals surface area contributed by atoms with E-state index in [1.165, 1.54) is 17.0 Å². The van der Waals surface area contributed by atoms with Crippen LogP contribution in [0.2, 0.25) is 0 Å². The zero-order valence-electron chi connectivity index (χ0n) is 16.8. The Bertz CT molecular complexity index is 812. The van der Waals surface area contributed by atoms with Gasteiger partial charge >= 0.3 is 0 Å². The Morgan fingerprint density at radius 2 is 1.72 bits per heavy atom. The van der Waals surface area contributed by atoms with Crippen LogP contribution in [0.3, 0.4) is 0 Å². The average molecular weight is 512 g/mol. The van der Waals surface area contributed by atoms with Gasteiger partial charge in [0.05, 0.1) is 0 Å². The Kier molecular flexibility index (Phi) is 8.88. The number of carbonyl (C=O) groups excluding carboxylic acids is 2. The van der Waals surface area contributed by atoms with Crippen molar-refractivity contribution in [3.05, 3.63) is 63.5 Å². The molecule has 0 aliphatic heterocycles. The summed E-state index contributed by atoms with van der Waals surface area (Å²) in [5.41, 5.74) is 0.734. The number of ether oxygens (including phenoxy) is 1. The molecule has 0 saturated heterocycles. The first-order chi connectivity index (χ1) is 13.8. The molecule has 0 radical (unpaired) electrons. The molecule has 0 heterocycles. The van der Waals surface area contributed by atoms with Gasteiger partial charge in [0.15, 0.2) is 6.61 Å². The van der Waals surface area contributed by atoms with Gasteiger partial charge in [-0.05, 0) is 84.8 Å². The third-order valence-electron chi connectivity index (χ3n) is 4.61. The van der Waals surface area contributed by atoms with E-state index in [-0.39, 0.29) is 36.8 Å². The van der Waals surface area contributed by atoms with E-state index in [2.05, 4.69) is 27.9 Å². The van der Waals surface area contributed by atoms with Gasteiger partial charge in [0.1, 0.15) is 17.6 Å². The number of nitrogens with one attached hydrogen (secondary N) is 1. The van der Waals surface area contributed by atoms with E-state index in [0.717, 1.165) is 15.6 Å². The lowest BCUT2D eigenvalue weighted by molar-refractivity contribution is -0.142. The molecule has 7 heteroatoms. The van der Waals surface area contributed by atoms with Crippen LogP contribution in [0.25, 0.3) is 0 Å². The van der Waals surface area contributed by atoms with Crippen molar-refractivity contribution in [3.8, 4) is 5.75 Å². The van der Waals surface area contributed by atoms with E-state index < -0.39 is 6.04 Å². The molecule has 29 heavy (non-hydrogen) atoms. The van der Waals surface area contributed by atoms with E-state index in [4.69, 9.17) is 4.74 Å². The van der Waals surface area contributed by atoms with Crippen LogP contribution >= 0.6 is 22.6 Å². The summed E-state index contributed by atoms with van der Waals surface area (Å²) in [6.45, 7) is 5.57. The number of nitrogens with zero attached hydrogens (tertiary/aromatic N) is 1. The van der Waals surface area contributed by atoms with Gasteiger partial charge in [-0.15, -0.1) is 0 Å². The molecule has 2 aromatic rings. The molecule has 2 rings (SSSR count). The number of carbonyl (C=O) groups is 2. The number of hydrogen-bond acceptors (Lipinski definition) is 3. The fourth-order valence-electron chi connectivity index (χ4n) is 2.59. The van der Waals surface area contributed by atoms with E-state index in [0.29, 0.717) is 5.75 Å². The van der Waals surface area contributed by atoms with Crippen molar-refractivity contribution < 1.29 is 18.7 Å². The molecule has 0 aliphatic carbocycles. The molecule has 0 unspecified atom stereocenters. The number of halogens is 2. The molecule has 0 spiro atoms. The molecule has 0 fully saturated rings. The Hall–Kier alpha value is -2.16. The van der Waals surface area contributed by atoms with Gasteiger partial charge in [-0.1, -0.05) is 19.1 Å². The zero-order valence-corrected chi connectivity index (χ0v) is 19.0. The van der Waals surface area contributed by atoms with Gasteiger partial charge in [-0.3, -0.25) is 9.59 Å². The fraction of sp³-hybridized carbons (Fsp3) is 0.364. The van der Waals surface area contributed by atoms with E-state index >= 15 is 0 Å². The van der Waals surface area contributed by atoms with Crippen LogP contribution in [0.1, 0.15) is 32.8 Å². The lowest BCUT2D eigenvalue weighted by Gasteiger charge is -2.29. The lowest BCUT2D eigenvalue weighted by Crippen LogP contribution is -2.50. The predicted molar refractivity (Wildman–Crippen MR) is 119 cm³/mol. The van der Waals surface area contributed by atoms with Crippen LogP contribution in [0.4, 0.5) is 4.39 Å². The summed E-state index contributed by atoms with van der Waals surface area (Å²) < 4.78 is 19.9. The molecule has 5 nitrogen and oxygen atoms in total. The van der Waals surface area contributed by atoms with Crippen LogP contribution in [-0.2, 0) is 16.1 Å². The molecular weight excluding hydrogens is 486 g/mol. The second-order valence-corrected chi connectivity index (χ2v) is 8.13. The topological polar surface area (TPSA) is 58.6 Å². The molecule has 2 aromatic carbocycles. The molecule has 0 aliphatic rings. The quantitative estimate of drug-likeness (QED) is 0.514. The molecule has 156 valence electrons. The number of hydrogen-bond donors (Lipinski definition) is 1. The second-order valence-electron chi connectivity index (χ2n) is 6.88. The fourth-order valence-corrected chi connectivity index (χ4v) is 2.95. The number of amides is 2. The smallest absolute Gasteiger partial charge is 0.261 e. The normalized spacial score (nSPS) is 12.7. The Balaban J connectivity index is 2.13. The molecule has 0 saturated carbocycles. The Labute approximate surface area is 184 Å². The maximum atomic E-state index is 13.2. The summed E-state index contributed by atoms with van der Waals surface area (Å²) in [5.74, 6) is -0.322. The van der Waals surface area contributed by atoms with Crippen molar-refractivity contribution in [2.45, 2.75) is 45.8 Å². The van der Waals surface area contributed by atoms with Crippen LogP contribution in [0, 0.1) is 9.39 Å². The first kappa shape index (κ1) is 23.1. The van der Waals surface area contributed by atoms with Gasteiger partial charge in [0.25, 0.3) is 5.91 Å². The molecular formula is C22H26FIN2O3. The number of benzene rings is 2. The predicted octanol–water partition coefficient (Wildman–Crippen LogP) is 4.14. The third kappa shape index (κ3) is 7.30. The summed E-state index contributed by atoms with van der Waals surface area (Å²) in [5, 5.41) is 2.91. The minimum Gasteiger partial charge on any atom is -0.484 e. The largest absolute Gasteiger partial charge is 0.484 e. The molecule has 1 N–H and O–H groups in total. The van der Waals surface area contributed by atoms with Gasteiger partial charge < -0.3 is 15.0 Å². The van der Waals surface area contributed by atoms with Crippen LogP contribution < -0.4 is 10.1 Å². The summed E-state index contributed by atoms with van der Waals surface area (Å²) in [4.78, 5) is 27.0. The number of rotatable bonds is 9. The van der Waals surface area contributed by atoms with Gasteiger partial charge in [0, 0.05) is 16.2 Å². The SMILES string of the molecule is CC[C@H](C)NC(=O)[C@H](C)N(Cc1ccc(F)cc1)C(=O)COc1ccc(I)cc1. The average Bonchev–Trinajstić information content (AvgIpc) is 2.72. The van der Waals surface area contributed by atoms with Crippen molar-refractivity contribution in [2.75, 3.05) is 6.61 Å². The molecule has 2 amide bonds. The van der Waals surface area contributed by atoms with Gasteiger partial charge in [0.2, 0.25) is 5.91 Å². The van der Waals surface area contributed by atoms with Gasteiger partial charge in [-0.2, -0.15) is 0 Å². The van der Waals surface area contributed by atoms with Crippen molar-refractivity contribution in [1.29, 1.82) is 0 Å². The minimum absolute atomic E-state index is 0.00997. The standard InChI is InChI=1S/C22H26FIN2O3/c1-4-15(2)25-22(28)16(3)26(13-17-5-7-18(23)8-6-17)21(27)14-29-20-11-9-19(24)10-12-20/h5-12,15-16H,4,13-14H2,1-3H3,(H,25,28)/t15-,16-/m0/s1. The lowest BCUT2D eigenvalue weighted by atomic mass is 10.1. The highest BCUT2D eigenvalue weighted by molar-refractivity contribution is 14.1. The van der Waals surface area contributed by atoms with Gasteiger partial charge in [-0.25, -0.2) is 4.39 Å². The summed E-state index contributed by atoms with van der Waals surface area (Å²) in [6.07, 6.45) is 0.792. The monoisotopic (exact) mass is 512 g/mol. The van der Waals surface area contributed by atoms with E-state index in [1.807, 2.05) is 26.0 Å². The van der Waals surface area contributed by atoms with E-state index in [1.54, 1.807) is 31.2 Å². The second kappa shape index (κ2) is 11.1. The first-order valence-corrected chi connectivity index (χ1v) is 10.6. The Morgan fingerprint density at radius 3 is 2.31 bits per heavy atom. The highest BCUT2D eigenvalue weighted by atomic mass is 127. The van der Waals surface area contributed by atoms with Crippen molar-refractivity contribution >= 4 is 34.4 Å². The molecule has 0 aromatic heterocycles. The highest BCUT2D eigenvalue weighted by Gasteiger charge is 2.27. The maximum absolute atomic E-state index is 13.2. The summed E-state index contributed by atoms with van der Waals surface area (Å²) >= 11 is 2.19. The zero-order chi connectivity index (χ0) is 21.4. The summed E-state index contributed by atoms with van der Waals surface area (Å²) in [6, 6.07) is 12.6. The highest BCUT2D eigenvalue weighted by Crippen LogP contribution is 2.15. The van der Waals surface area contributed by atoms with Crippen LogP contribution in [-0.4, -0.2) is 35.4 Å². The Morgan fingerprint density at radius 1 is 1.10 bits per heavy atom. The van der Waals surface area contributed by atoms with Crippen LogP contribution in [0.15, 0.2) is 48.5 Å². The van der Waals surface area contributed by atoms with Crippen molar-refractivity contribution in [3.63, 3.8) is 0 Å². The van der Waals surface area contributed by atoms with E-state index in [9.17, 15) is 14.0 Å². The molecule has 2 atom stereocenters. The van der Waals surface area contributed by atoms with Crippen LogP contribution in [0.5, 0.6) is 5.75 Å².